The molecule has 0 unspecified atom stereocenters. The third-order valence-corrected chi connectivity index (χ3v) is 7.74. The van der Waals surface area contributed by atoms with Gasteiger partial charge in [0, 0.05) is 36.1 Å². The van der Waals surface area contributed by atoms with Crippen molar-refractivity contribution < 1.29 is 13.2 Å². The monoisotopic (exact) mass is 488 g/mol. The average molecular weight is 489 g/mol. The standard InChI is InChI=1S/C22H25ClN6O3S/c1-14-11-15(2)25-22(24-14)29-20(12-16(3)27-29)26-21(30)17-7-8-18(23)19(13-17)33(31,32)28-9-5-4-6-10-28/h7-8,11-13H,4-6,9-10H2,1-3H3,(H,26,30). The lowest BCUT2D eigenvalue weighted by molar-refractivity contribution is 0.102. The summed E-state index contributed by atoms with van der Waals surface area (Å²) in [5.74, 6) is 0.213. The number of rotatable bonds is 5. The van der Waals surface area contributed by atoms with E-state index in [2.05, 4.69) is 20.4 Å². The van der Waals surface area contributed by atoms with E-state index in [4.69, 9.17) is 11.6 Å². The Morgan fingerprint density at radius 1 is 0.970 bits per heavy atom. The van der Waals surface area contributed by atoms with Gasteiger partial charge in [-0.15, -0.1) is 0 Å². The molecule has 3 heterocycles. The average Bonchev–Trinajstić information content (AvgIpc) is 3.13. The summed E-state index contributed by atoms with van der Waals surface area (Å²) in [5, 5.41) is 7.27. The Kier molecular flexibility index (Phi) is 6.51. The van der Waals surface area contributed by atoms with Gasteiger partial charge in [-0.3, -0.25) is 4.79 Å². The highest BCUT2D eigenvalue weighted by molar-refractivity contribution is 7.89. The van der Waals surface area contributed by atoms with Gasteiger partial charge in [-0.1, -0.05) is 18.0 Å². The number of amides is 1. The zero-order valence-corrected chi connectivity index (χ0v) is 20.2. The number of hydrogen-bond donors (Lipinski definition) is 1. The normalized spacial score (nSPS) is 14.9. The van der Waals surface area contributed by atoms with Gasteiger partial charge in [0.25, 0.3) is 11.9 Å². The summed E-state index contributed by atoms with van der Waals surface area (Å²) in [4.78, 5) is 21.8. The fraction of sp³-hybridized carbons (Fsp3) is 0.364. The summed E-state index contributed by atoms with van der Waals surface area (Å²) >= 11 is 6.23. The van der Waals surface area contributed by atoms with Gasteiger partial charge in [0.2, 0.25) is 10.0 Å². The van der Waals surface area contributed by atoms with Crippen LogP contribution in [0.15, 0.2) is 35.2 Å². The molecule has 1 N–H and O–H groups in total. The summed E-state index contributed by atoms with van der Waals surface area (Å²) in [5.41, 5.74) is 2.38. The smallest absolute Gasteiger partial charge is 0.256 e. The highest BCUT2D eigenvalue weighted by Crippen LogP contribution is 2.28. The van der Waals surface area contributed by atoms with Crippen molar-refractivity contribution in [3.05, 3.63) is 58.0 Å². The SMILES string of the molecule is Cc1cc(C)nc(-n2nc(C)cc2NC(=O)c2ccc(Cl)c(S(=O)(=O)N3CCCCC3)c2)n1. The molecule has 11 heteroatoms. The molecule has 0 radical (unpaired) electrons. The Morgan fingerprint density at radius 2 is 1.64 bits per heavy atom. The van der Waals surface area contributed by atoms with E-state index in [1.165, 1.54) is 27.2 Å². The molecular weight excluding hydrogens is 464 g/mol. The second kappa shape index (κ2) is 9.20. The molecule has 1 aliphatic heterocycles. The lowest BCUT2D eigenvalue weighted by Gasteiger charge is -2.26. The van der Waals surface area contributed by atoms with Crippen molar-refractivity contribution in [2.75, 3.05) is 18.4 Å². The maximum absolute atomic E-state index is 13.1. The van der Waals surface area contributed by atoms with Gasteiger partial charge in [-0.25, -0.2) is 18.4 Å². The number of sulfonamides is 1. The summed E-state index contributed by atoms with van der Waals surface area (Å²) in [7, 11) is -3.79. The number of carbonyl (C=O) groups excluding carboxylic acids is 1. The van der Waals surface area contributed by atoms with E-state index in [0.717, 1.165) is 30.7 Å². The number of anilines is 1. The second-order valence-corrected chi connectivity index (χ2v) is 10.4. The van der Waals surface area contributed by atoms with Crippen molar-refractivity contribution in [2.45, 2.75) is 44.9 Å². The van der Waals surface area contributed by atoms with Gasteiger partial charge in [-0.2, -0.15) is 14.1 Å². The number of benzene rings is 1. The molecule has 1 aliphatic rings. The van der Waals surface area contributed by atoms with Crippen LogP contribution in [0.3, 0.4) is 0 Å². The Balaban J connectivity index is 1.65. The summed E-state index contributed by atoms with van der Waals surface area (Å²) < 4.78 is 29.1. The highest BCUT2D eigenvalue weighted by Gasteiger charge is 2.29. The van der Waals surface area contributed by atoms with Crippen molar-refractivity contribution in [3.8, 4) is 5.95 Å². The number of aromatic nitrogens is 4. The van der Waals surface area contributed by atoms with Crippen LogP contribution in [0, 0.1) is 20.8 Å². The predicted octanol–water partition coefficient (Wildman–Crippen LogP) is 3.67. The molecule has 2 aromatic heterocycles. The van der Waals surface area contributed by atoms with Crippen LogP contribution in [0.25, 0.3) is 5.95 Å². The fourth-order valence-corrected chi connectivity index (χ4v) is 5.84. The third-order valence-electron chi connectivity index (χ3n) is 5.36. The lowest BCUT2D eigenvalue weighted by Crippen LogP contribution is -2.35. The van der Waals surface area contributed by atoms with Gasteiger partial charge >= 0.3 is 0 Å². The first-order chi connectivity index (χ1) is 15.6. The predicted molar refractivity (Wildman–Crippen MR) is 125 cm³/mol. The van der Waals surface area contributed by atoms with Crippen LogP contribution >= 0.6 is 11.6 Å². The summed E-state index contributed by atoms with van der Waals surface area (Å²) in [6.07, 6.45) is 2.61. The first-order valence-corrected chi connectivity index (χ1v) is 12.5. The molecule has 9 nitrogen and oxygen atoms in total. The van der Waals surface area contributed by atoms with Gasteiger partial charge in [0.15, 0.2) is 0 Å². The molecule has 0 saturated carbocycles. The summed E-state index contributed by atoms with van der Waals surface area (Å²) in [6, 6.07) is 7.79. The van der Waals surface area contributed by atoms with Gasteiger partial charge in [-0.05, 0) is 57.9 Å². The molecule has 0 atom stereocenters. The lowest BCUT2D eigenvalue weighted by atomic mass is 10.2. The number of piperidine rings is 1. The minimum atomic E-state index is -3.79. The largest absolute Gasteiger partial charge is 0.306 e. The molecule has 33 heavy (non-hydrogen) atoms. The highest BCUT2D eigenvalue weighted by atomic mass is 35.5. The van der Waals surface area contributed by atoms with Crippen molar-refractivity contribution in [1.29, 1.82) is 0 Å². The van der Waals surface area contributed by atoms with Crippen LogP contribution in [0.2, 0.25) is 5.02 Å². The molecule has 1 fully saturated rings. The first-order valence-electron chi connectivity index (χ1n) is 10.7. The number of carbonyl (C=O) groups is 1. The third kappa shape index (κ3) is 4.92. The van der Waals surface area contributed by atoms with E-state index < -0.39 is 15.9 Å². The zero-order chi connectivity index (χ0) is 23.8. The van der Waals surface area contributed by atoms with Crippen LogP contribution in [-0.4, -0.2) is 51.5 Å². The Morgan fingerprint density at radius 3 is 2.30 bits per heavy atom. The van der Waals surface area contributed by atoms with E-state index in [1.54, 1.807) is 13.0 Å². The quantitative estimate of drug-likeness (QED) is 0.586. The maximum Gasteiger partial charge on any atom is 0.256 e. The number of aryl methyl sites for hydroxylation is 3. The van der Waals surface area contributed by atoms with E-state index in [0.29, 0.717) is 30.5 Å². The second-order valence-electron chi connectivity index (χ2n) is 8.10. The van der Waals surface area contributed by atoms with Gasteiger partial charge in [0.1, 0.15) is 10.7 Å². The molecule has 0 bridgehead atoms. The molecular formula is C22H25ClN6O3S. The minimum Gasteiger partial charge on any atom is -0.306 e. The molecule has 1 aromatic carbocycles. The van der Waals surface area contributed by atoms with Crippen LogP contribution in [-0.2, 0) is 10.0 Å². The Hall–Kier alpha value is -2.82. The summed E-state index contributed by atoms with van der Waals surface area (Å²) in [6.45, 7) is 6.39. The molecule has 174 valence electrons. The van der Waals surface area contributed by atoms with Gasteiger partial charge in [0.05, 0.1) is 10.7 Å². The van der Waals surface area contributed by atoms with Crippen LogP contribution in [0.5, 0.6) is 0 Å². The first kappa shape index (κ1) is 23.3. The number of nitrogens with zero attached hydrogens (tertiary/aromatic N) is 5. The van der Waals surface area contributed by atoms with Crippen molar-refractivity contribution in [3.63, 3.8) is 0 Å². The van der Waals surface area contributed by atoms with E-state index >= 15 is 0 Å². The van der Waals surface area contributed by atoms with Crippen molar-refractivity contribution >= 4 is 33.3 Å². The molecule has 4 rings (SSSR count). The zero-order valence-electron chi connectivity index (χ0n) is 18.7. The minimum absolute atomic E-state index is 0.0685. The molecule has 0 spiro atoms. The molecule has 3 aromatic rings. The maximum atomic E-state index is 13.1. The molecule has 1 saturated heterocycles. The van der Waals surface area contributed by atoms with Gasteiger partial charge < -0.3 is 5.32 Å². The Labute approximate surface area is 197 Å². The van der Waals surface area contributed by atoms with E-state index in [-0.39, 0.29) is 15.5 Å². The topological polar surface area (TPSA) is 110 Å². The van der Waals surface area contributed by atoms with Crippen molar-refractivity contribution in [2.24, 2.45) is 0 Å². The van der Waals surface area contributed by atoms with E-state index in [1.807, 2.05) is 19.9 Å². The number of hydrogen-bond acceptors (Lipinski definition) is 6. The van der Waals surface area contributed by atoms with Crippen LogP contribution in [0.4, 0.5) is 5.82 Å². The Bertz CT molecular complexity index is 1300. The van der Waals surface area contributed by atoms with Crippen molar-refractivity contribution in [1.82, 2.24) is 24.1 Å². The van der Waals surface area contributed by atoms with Crippen LogP contribution in [0.1, 0.15) is 46.7 Å². The molecule has 1 amide bonds. The number of halogens is 1. The van der Waals surface area contributed by atoms with E-state index in [9.17, 15) is 13.2 Å². The number of nitrogens with one attached hydrogen (secondary N) is 1. The van der Waals surface area contributed by atoms with Crippen LogP contribution < -0.4 is 5.32 Å². The molecule has 0 aliphatic carbocycles. The fourth-order valence-electron chi connectivity index (χ4n) is 3.82.